The highest BCUT2D eigenvalue weighted by Crippen LogP contribution is 2.20. The number of nitrogens with one attached hydrogen (secondary N) is 3. The fourth-order valence-electron chi connectivity index (χ4n) is 3.37. The number of carbonyl (C=O) groups excluding carboxylic acids is 2. The van der Waals surface area contributed by atoms with Crippen molar-refractivity contribution in [3.8, 4) is 0 Å². The van der Waals surface area contributed by atoms with E-state index in [2.05, 4.69) is 20.5 Å². The topological polar surface area (TPSA) is 142 Å². The summed E-state index contributed by atoms with van der Waals surface area (Å²) in [7, 11) is 3.42. The second-order valence-electron chi connectivity index (χ2n) is 7.94. The van der Waals surface area contributed by atoms with Crippen molar-refractivity contribution in [3.05, 3.63) is 53.0 Å². The lowest BCUT2D eigenvalue weighted by Gasteiger charge is -2.31. The number of rotatable bonds is 5. The number of amides is 3. The Morgan fingerprint density at radius 3 is 2.62 bits per heavy atom. The van der Waals surface area contributed by atoms with Crippen LogP contribution in [0.4, 0.5) is 10.6 Å². The van der Waals surface area contributed by atoms with E-state index in [4.69, 9.17) is 10.9 Å². The number of urea groups is 1. The van der Waals surface area contributed by atoms with E-state index in [0.717, 1.165) is 11.1 Å². The zero-order chi connectivity index (χ0) is 23.4. The SMILES string of the molecule is CC(C)N(N=N)C(=N)c1cccc(NC(=O)c2cc3c(cn2)CCN(C(=O)N(C)C)C3)n1. The summed E-state index contributed by atoms with van der Waals surface area (Å²) >= 11 is 0. The van der Waals surface area contributed by atoms with Gasteiger partial charge >= 0.3 is 6.03 Å². The van der Waals surface area contributed by atoms with E-state index >= 15 is 0 Å². The molecule has 3 rings (SSSR count). The molecule has 0 saturated carbocycles. The Balaban J connectivity index is 1.76. The molecule has 0 bridgehead atoms. The Kier molecular flexibility index (Phi) is 6.76. The van der Waals surface area contributed by atoms with Gasteiger partial charge in [0.15, 0.2) is 5.84 Å². The lowest BCUT2D eigenvalue weighted by molar-refractivity contribution is 0.102. The van der Waals surface area contributed by atoms with Crippen molar-refractivity contribution in [2.45, 2.75) is 32.9 Å². The fourth-order valence-corrected chi connectivity index (χ4v) is 3.37. The van der Waals surface area contributed by atoms with E-state index in [-0.39, 0.29) is 35.1 Å². The van der Waals surface area contributed by atoms with E-state index in [0.29, 0.717) is 19.5 Å². The van der Waals surface area contributed by atoms with Gasteiger partial charge in [-0.25, -0.2) is 14.8 Å². The molecule has 0 saturated heterocycles. The Morgan fingerprint density at radius 2 is 1.97 bits per heavy atom. The average Bonchev–Trinajstić information content (AvgIpc) is 2.78. The first-order valence-electron chi connectivity index (χ1n) is 10.2. The minimum absolute atomic E-state index is 0.0383. The Labute approximate surface area is 186 Å². The molecule has 0 aliphatic carbocycles. The van der Waals surface area contributed by atoms with Crippen molar-refractivity contribution >= 4 is 23.6 Å². The maximum Gasteiger partial charge on any atom is 0.319 e. The van der Waals surface area contributed by atoms with Crippen LogP contribution in [-0.2, 0) is 13.0 Å². The number of hydrogen-bond donors (Lipinski definition) is 3. The van der Waals surface area contributed by atoms with Crippen molar-refractivity contribution < 1.29 is 9.59 Å². The third-order valence-corrected chi connectivity index (χ3v) is 5.04. The van der Waals surface area contributed by atoms with Gasteiger partial charge in [-0.15, -0.1) is 0 Å². The quantitative estimate of drug-likeness (QED) is 0.285. The third-order valence-electron chi connectivity index (χ3n) is 5.04. The molecule has 0 aromatic carbocycles. The average molecular weight is 438 g/mol. The lowest BCUT2D eigenvalue weighted by atomic mass is 10.0. The van der Waals surface area contributed by atoms with Crippen LogP contribution in [-0.4, -0.2) is 69.2 Å². The number of amidine groups is 1. The van der Waals surface area contributed by atoms with E-state index in [1.54, 1.807) is 49.5 Å². The van der Waals surface area contributed by atoms with Gasteiger partial charge in [0, 0.05) is 33.4 Å². The zero-order valence-electron chi connectivity index (χ0n) is 18.6. The molecule has 2 aromatic rings. The van der Waals surface area contributed by atoms with Gasteiger partial charge in [0.1, 0.15) is 17.2 Å². The summed E-state index contributed by atoms with van der Waals surface area (Å²) in [4.78, 5) is 36.9. The van der Waals surface area contributed by atoms with E-state index in [1.165, 1.54) is 9.91 Å². The van der Waals surface area contributed by atoms with Crippen LogP contribution in [0.15, 0.2) is 35.7 Å². The Bertz CT molecular complexity index is 1050. The summed E-state index contributed by atoms with van der Waals surface area (Å²) in [5, 5.41) is 15.5. The van der Waals surface area contributed by atoms with Crippen LogP contribution in [0.5, 0.6) is 0 Å². The maximum atomic E-state index is 12.8. The van der Waals surface area contributed by atoms with Crippen molar-refractivity contribution in [1.29, 1.82) is 10.9 Å². The highest BCUT2D eigenvalue weighted by atomic mass is 16.2. The summed E-state index contributed by atoms with van der Waals surface area (Å²) in [6.45, 7) is 4.65. The summed E-state index contributed by atoms with van der Waals surface area (Å²) in [6.07, 6.45) is 2.36. The van der Waals surface area contributed by atoms with Crippen LogP contribution in [0.1, 0.15) is 41.2 Å². The molecule has 0 fully saturated rings. The fraction of sp³-hybridized carbons (Fsp3) is 0.381. The van der Waals surface area contributed by atoms with Crippen molar-refractivity contribution in [2.24, 2.45) is 5.22 Å². The Morgan fingerprint density at radius 1 is 1.22 bits per heavy atom. The number of anilines is 1. The first kappa shape index (κ1) is 22.8. The molecule has 1 aliphatic heterocycles. The highest BCUT2D eigenvalue weighted by Gasteiger charge is 2.23. The second-order valence-corrected chi connectivity index (χ2v) is 7.94. The number of aromatic nitrogens is 2. The maximum absolute atomic E-state index is 12.8. The van der Waals surface area contributed by atoms with Crippen molar-refractivity contribution in [2.75, 3.05) is 26.0 Å². The van der Waals surface area contributed by atoms with Crippen LogP contribution < -0.4 is 5.32 Å². The minimum atomic E-state index is -0.439. The second kappa shape index (κ2) is 9.50. The van der Waals surface area contributed by atoms with Gasteiger partial charge in [-0.2, -0.15) is 5.53 Å². The molecule has 11 nitrogen and oxygen atoms in total. The summed E-state index contributed by atoms with van der Waals surface area (Å²) < 4.78 is 0. The zero-order valence-corrected chi connectivity index (χ0v) is 18.6. The van der Waals surface area contributed by atoms with E-state index in [1.807, 2.05) is 13.8 Å². The standard InChI is InChI=1S/C21H27N9O2/c1-13(2)30(27-23)19(22)16-6-5-7-18(25-16)26-20(31)17-10-15-12-29(21(32)28(3)4)9-8-14(15)11-24-17/h5-7,10-11,13,22-23H,8-9,12H2,1-4H3,(H,25,26,31). The van der Waals surface area contributed by atoms with E-state index in [9.17, 15) is 9.59 Å². The molecule has 3 amide bonds. The van der Waals surface area contributed by atoms with Gasteiger partial charge in [-0.1, -0.05) is 11.3 Å². The predicted molar refractivity (Wildman–Crippen MR) is 119 cm³/mol. The van der Waals surface area contributed by atoms with Crippen LogP contribution in [0.2, 0.25) is 0 Å². The van der Waals surface area contributed by atoms with Gasteiger partial charge in [0.25, 0.3) is 5.91 Å². The van der Waals surface area contributed by atoms with Gasteiger partial charge in [-0.05, 0) is 49.6 Å². The number of carbonyl (C=O) groups is 2. The van der Waals surface area contributed by atoms with Gasteiger partial charge in [0.05, 0.1) is 6.04 Å². The normalized spacial score (nSPS) is 12.7. The minimum Gasteiger partial charge on any atom is -0.331 e. The molecule has 0 spiro atoms. The van der Waals surface area contributed by atoms with Gasteiger partial charge < -0.3 is 15.1 Å². The van der Waals surface area contributed by atoms with Crippen molar-refractivity contribution in [1.82, 2.24) is 24.8 Å². The lowest BCUT2D eigenvalue weighted by Crippen LogP contribution is -2.42. The van der Waals surface area contributed by atoms with E-state index < -0.39 is 5.91 Å². The molecule has 0 atom stereocenters. The van der Waals surface area contributed by atoms with Gasteiger partial charge in [0.2, 0.25) is 0 Å². The third kappa shape index (κ3) is 4.88. The van der Waals surface area contributed by atoms with Crippen LogP contribution in [0.25, 0.3) is 0 Å². The molecule has 3 heterocycles. The molecular formula is C21H27N9O2. The number of hydrogen-bond acceptors (Lipinski definition) is 7. The number of nitrogens with zero attached hydrogens (tertiary/aromatic N) is 6. The molecule has 11 heteroatoms. The first-order chi connectivity index (χ1) is 15.2. The molecular weight excluding hydrogens is 410 g/mol. The van der Waals surface area contributed by atoms with Gasteiger partial charge in [-0.3, -0.25) is 15.2 Å². The number of pyridine rings is 2. The summed E-state index contributed by atoms with van der Waals surface area (Å²) in [5.41, 5.74) is 9.67. The molecule has 168 valence electrons. The van der Waals surface area contributed by atoms with Crippen LogP contribution in [0.3, 0.4) is 0 Å². The molecule has 0 unspecified atom stereocenters. The largest absolute Gasteiger partial charge is 0.331 e. The molecule has 32 heavy (non-hydrogen) atoms. The highest BCUT2D eigenvalue weighted by molar-refractivity contribution is 6.03. The Hall–Kier alpha value is -3.89. The summed E-state index contributed by atoms with van der Waals surface area (Å²) in [6, 6.07) is 6.34. The number of fused-ring (bicyclic) bond motifs is 1. The molecule has 2 aromatic heterocycles. The monoisotopic (exact) mass is 437 g/mol. The molecule has 1 aliphatic rings. The first-order valence-corrected chi connectivity index (χ1v) is 10.2. The smallest absolute Gasteiger partial charge is 0.319 e. The van der Waals surface area contributed by atoms with Crippen LogP contribution >= 0.6 is 0 Å². The predicted octanol–water partition coefficient (Wildman–Crippen LogP) is 2.75. The van der Waals surface area contributed by atoms with Crippen molar-refractivity contribution in [3.63, 3.8) is 0 Å². The summed E-state index contributed by atoms with van der Waals surface area (Å²) in [5.74, 6) is -0.218. The molecule has 3 N–H and O–H groups in total. The molecule has 0 radical (unpaired) electrons. The van der Waals surface area contributed by atoms with Crippen LogP contribution in [0, 0.1) is 10.9 Å².